The first-order valence-corrected chi connectivity index (χ1v) is 13.9. The van der Waals surface area contributed by atoms with E-state index in [0.717, 1.165) is 89.9 Å². The van der Waals surface area contributed by atoms with Crippen LogP contribution in [0.5, 0.6) is 0 Å². The summed E-state index contributed by atoms with van der Waals surface area (Å²) in [7, 11) is 0. The molecule has 0 aliphatic heterocycles. The molecule has 0 rings (SSSR count). The van der Waals surface area contributed by atoms with Crippen LogP contribution < -0.4 is 10.6 Å². The normalized spacial score (nSPS) is 11.4. The summed E-state index contributed by atoms with van der Waals surface area (Å²) in [5.74, 6) is 2.18. The Balaban J connectivity index is 3.18. The molecule has 0 aromatic heterocycles. The molecule has 35 heavy (non-hydrogen) atoms. The van der Waals surface area contributed by atoms with E-state index in [-0.39, 0.29) is 5.97 Å². The summed E-state index contributed by atoms with van der Waals surface area (Å²) < 4.78 is 22.0. The summed E-state index contributed by atoms with van der Waals surface area (Å²) in [4.78, 5) is 11.6. The van der Waals surface area contributed by atoms with Gasteiger partial charge in [-0.1, -0.05) is 34.3 Å². The molecule has 7 nitrogen and oxygen atoms in total. The number of esters is 1. The van der Waals surface area contributed by atoms with Crippen LogP contribution >= 0.6 is 0 Å². The topological polar surface area (TPSA) is 78.0 Å². The molecular weight excluding hydrogens is 444 g/mol. The van der Waals surface area contributed by atoms with Gasteiger partial charge in [-0.05, 0) is 69.9 Å². The Kier molecular flexibility index (Phi) is 25.1. The van der Waals surface area contributed by atoms with Crippen LogP contribution in [0.4, 0.5) is 0 Å². The first-order valence-electron chi connectivity index (χ1n) is 13.9. The minimum Gasteiger partial charge on any atom is -0.499 e. The molecule has 0 aliphatic carbocycles. The number of hydrogen-bond acceptors (Lipinski definition) is 7. The van der Waals surface area contributed by atoms with Gasteiger partial charge in [-0.3, -0.25) is 4.79 Å². The minimum atomic E-state index is -0.0726. The van der Waals surface area contributed by atoms with Crippen molar-refractivity contribution in [1.82, 2.24) is 10.6 Å². The molecule has 0 fully saturated rings. The highest BCUT2D eigenvalue weighted by Crippen LogP contribution is 2.09. The predicted molar refractivity (Wildman–Crippen MR) is 145 cm³/mol. The number of nitrogens with one attached hydrogen (secondary N) is 2. The van der Waals surface area contributed by atoms with Gasteiger partial charge in [0.2, 0.25) is 0 Å². The Bertz CT molecular complexity index is 486. The summed E-state index contributed by atoms with van der Waals surface area (Å²) in [5, 5.41) is 6.74. The van der Waals surface area contributed by atoms with Crippen molar-refractivity contribution >= 4 is 5.97 Å². The highest BCUT2D eigenvalue weighted by Gasteiger charge is 2.03. The van der Waals surface area contributed by atoms with Crippen molar-refractivity contribution in [2.45, 2.75) is 85.5 Å². The van der Waals surface area contributed by atoms with E-state index in [4.69, 9.17) is 18.9 Å². The Morgan fingerprint density at radius 3 is 1.77 bits per heavy atom. The van der Waals surface area contributed by atoms with Crippen LogP contribution in [0.15, 0.2) is 12.3 Å². The van der Waals surface area contributed by atoms with Crippen LogP contribution in [-0.4, -0.2) is 71.8 Å². The molecule has 7 heteroatoms. The maximum atomic E-state index is 11.6. The van der Waals surface area contributed by atoms with Gasteiger partial charge < -0.3 is 29.6 Å². The van der Waals surface area contributed by atoms with Gasteiger partial charge in [-0.2, -0.15) is 0 Å². The molecule has 0 aromatic carbocycles. The molecule has 208 valence electrons. The number of unbranched alkanes of at least 4 members (excludes halogenated alkanes) is 2. The number of allylic oxidation sites excluding steroid dienone is 1. The predicted octanol–water partition coefficient (Wildman–Crippen LogP) is 5.10. The van der Waals surface area contributed by atoms with Gasteiger partial charge in [0.05, 0.1) is 45.4 Å². The van der Waals surface area contributed by atoms with E-state index in [9.17, 15) is 4.79 Å². The lowest BCUT2D eigenvalue weighted by Gasteiger charge is -2.11. The lowest BCUT2D eigenvalue weighted by atomic mass is 10.1. The Morgan fingerprint density at radius 1 is 0.629 bits per heavy atom. The quantitative estimate of drug-likeness (QED) is 0.0923. The van der Waals surface area contributed by atoms with Crippen molar-refractivity contribution in [3.63, 3.8) is 0 Å². The van der Waals surface area contributed by atoms with Gasteiger partial charge in [0.25, 0.3) is 0 Å². The van der Waals surface area contributed by atoms with E-state index in [1.807, 2.05) is 0 Å². The zero-order valence-corrected chi connectivity index (χ0v) is 23.3. The summed E-state index contributed by atoms with van der Waals surface area (Å²) in [6, 6.07) is 0. The Labute approximate surface area is 216 Å². The van der Waals surface area contributed by atoms with Gasteiger partial charge in [0.15, 0.2) is 0 Å². The Hall–Kier alpha value is -1.15. The van der Waals surface area contributed by atoms with Crippen LogP contribution in [0.2, 0.25) is 0 Å². The van der Waals surface area contributed by atoms with Crippen LogP contribution in [0.3, 0.4) is 0 Å². The molecule has 2 N–H and O–H groups in total. The van der Waals surface area contributed by atoms with Crippen molar-refractivity contribution in [2.24, 2.45) is 11.8 Å². The molecule has 0 unspecified atom stereocenters. The van der Waals surface area contributed by atoms with E-state index in [2.05, 4.69) is 44.9 Å². The smallest absolute Gasteiger partial charge is 0.305 e. The van der Waals surface area contributed by atoms with Gasteiger partial charge in [-0.25, -0.2) is 0 Å². The molecule has 0 aliphatic rings. The third-order valence-electron chi connectivity index (χ3n) is 5.45. The second-order valence-electron chi connectivity index (χ2n) is 9.97. The SMILES string of the molecule is C=C(CCCCNCCOCCOCCNCCCCC(=O)OCCCC(C)C)OCCC(C)C. The van der Waals surface area contributed by atoms with E-state index in [1.165, 1.54) is 0 Å². The standard InChI is InChI=1S/C28H56N2O5/c1-25(2)11-10-19-35-28(31)13-7-9-16-30-18-22-33-24-23-32-21-17-29-15-8-6-12-27(5)34-20-14-26(3)4/h25-26,29-30H,5-24H2,1-4H3. The summed E-state index contributed by atoms with van der Waals surface area (Å²) >= 11 is 0. The van der Waals surface area contributed by atoms with Crippen LogP contribution in [0.1, 0.15) is 85.5 Å². The zero-order valence-electron chi connectivity index (χ0n) is 23.3. The summed E-state index contributed by atoms with van der Waals surface area (Å²) in [6.45, 7) is 20.3. The first kappa shape index (κ1) is 33.8. The van der Waals surface area contributed by atoms with Crippen molar-refractivity contribution in [1.29, 1.82) is 0 Å². The molecule has 0 saturated heterocycles. The van der Waals surface area contributed by atoms with Crippen molar-refractivity contribution in [2.75, 3.05) is 65.8 Å². The highest BCUT2D eigenvalue weighted by molar-refractivity contribution is 5.69. The van der Waals surface area contributed by atoms with Gasteiger partial charge in [0.1, 0.15) is 0 Å². The zero-order chi connectivity index (χ0) is 26.0. The molecule has 0 amide bonds. The fourth-order valence-electron chi connectivity index (χ4n) is 3.21. The third-order valence-corrected chi connectivity index (χ3v) is 5.45. The number of carbonyl (C=O) groups excluding carboxylic acids is 1. The Morgan fingerprint density at radius 2 is 1.20 bits per heavy atom. The molecule has 0 spiro atoms. The van der Waals surface area contributed by atoms with E-state index < -0.39 is 0 Å². The largest absolute Gasteiger partial charge is 0.499 e. The second-order valence-corrected chi connectivity index (χ2v) is 9.97. The number of rotatable bonds is 27. The molecule has 0 saturated carbocycles. The summed E-state index contributed by atoms with van der Waals surface area (Å²) in [5.41, 5.74) is 0. The van der Waals surface area contributed by atoms with E-state index >= 15 is 0 Å². The van der Waals surface area contributed by atoms with E-state index in [0.29, 0.717) is 51.3 Å². The maximum absolute atomic E-state index is 11.6. The lowest BCUT2D eigenvalue weighted by Crippen LogP contribution is -2.23. The van der Waals surface area contributed by atoms with Crippen LogP contribution in [-0.2, 0) is 23.7 Å². The lowest BCUT2D eigenvalue weighted by molar-refractivity contribution is -0.143. The molecule has 0 radical (unpaired) electrons. The van der Waals surface area contributed by atoms with Gasteiger partial charge in [-0.15, -0.1) is 0 Å². The number of hydrogen-bond donors (Lipinski definition) is 2. The number of ether oxygens (including phenoxy) is 4. The van der Waals surface area contributed by atoms with Crippen LogP contribution in [0, 0.1) is 11.8 Å². The fraction of sp³-hybridized carbons (Fsp3) is 0.893. The second kappa shape index (κ2) is 25.9. The van der Waals surface area contributed by atoms with Crippen molar-refractivity contribution in [3.8, 4) is 0 Å². The van der Waals surface area contributed by atoms with Crippen molar-refractivity contribution in [3.05, 3.63) is 12.3 Å². The monoisotopic (exact) mass is 500 g/mol. The average Bonchev–Trinajstić information content (AvgIpc) is 2.80. The molecule has 0 bridgehead atoms. The maximum Gasteiger partial charge on any atom is 0.305 e. The fourth-order valence-corrected chi connectivity index (χ4v) is 3.21. The summed E-state index contributed by atoms with van der Waals surface area (Å²) in [6.07, 6.45) is 8.65. The number of carbonyl (C=O) groups is 1. The first-order chi connectivity index (χ1) is 16.9. The van der Waals surface area contributed by atoms with Crippen LogP contribution in [0.25, 0.3) is 0 Å². The minimum absolute atomic E-state index is 0.0726. The molecule has 0 atom stereocenters. The van der Waals surface area contributed by atoms with Gasteiger partial charge >= 0.3 is 5.97 Å². The van der Waals surface area contributed by atoms with Crippen molar-refractivity contribution < 1.29 is 23.7 Å². The average molecular weight is 501 g/mol. The van der Waals surface area contributed by atoms with Gasteiger partial charge in [0, 0.05) is 25.9 Å². The highest BCUT2D eigenvalue weighted by atomic mass is 16.5. The molecular formula is C28H56N2O5. The molecule has 0 aromatic rings. The van der Waals surface area contributed by atoms with E-state index in [1.54, 1.807) is 0 Å². The molecule has 0 heterocycles. The third kappa shape index (κ3) is 29.0.